The van der Waals surface area contributed by atoms with E-state index in [1.54, 1.807) is 24.3 Å². The molecule has 0 spiro atoms. The molecule has 0 aliphatic heterocycles. The molecule has 0 bridgehead atoms. The first kappa shape index (κ1) is 14.2. The second-order valence-corrected chi connectivity index (χ2v) is 4.71. The summed E-state index contributed by atoms with van der Waals surface area (Å²) in [6.07, 6.45) is -4.58. The zero-order valence-corrected chi connectivity index (χ0v) is 11.6. The Hall–Kier alpha value is -2.70. The molecule has 0 atom stereocenters. The lowest BCUT2D eigenvalue weighted by Crippen LogP contribution is -2.13. The van der Waals surface area contributed by atoms with Gasteiger partial charge in [-0.15, -0.1) is 0 Å². The van der Waals surface area contributed by atoms with Crippen molar-refractivity contribution in [3.8, 4) is 11.4 Å². The molecule has 0 aliphatic carbocycles. The van der Waals surface area contributed by atoms with Crippen molar-refractivity contribution >= 4 is 16.7 Å². The highest BCUT2D eigenvalue weighted by Crippen LogP contribution is 2.34. The third-order valence-corrected chi connectivity index (χ3v) is 3.27. The number of nitrogen functional groups attached to an aromatic ring is 1. The van der Waals surface area contributed by atoms with Crippen molar-refractivity contribution in [1.29, 1.82) is 0 Å². The monoisotopic (exact) mass is 307 g/mol. The largest absolute Gasteiger partial charge is 0.497 e. The number of halogens is 3. The van der Waals surface area contributed by atoms with Crippen LogP contribution < -0.4 is 10.5 Å². The summed E-state index contributed by atoms with van der Waals surface area (Å²) in [5.41, 5.74) is 6.96. The number of ether oxygens (including phenoxy) is 1. The minimum absolute atomic E-state index is 0.212. The number of hydrogen-bond acceptors (Lipinski definition) is 3. The van der Waals surface area contributed by atoms with Gasteiger partial charge < -0.3 is 10.5 Å². The van der Waals surface area contributed by atoms with E-state index in [0.717, 1.165) is 4.57 Å². The highest BCUT2D eigenvalue weighted by molar-refractivity contribution is 5.80. The SMILES string of the molecule is COc1ccc2c(c1)nc(C(F)(F)F)n2-c1ccc(N)cc1. The van der Waals surface area contributed by atoms with Crippen molar-refractivity contribution in [1.82, 2.24) is 9.55 Å². The van der Waals surface area contributed by atoms with Crippen LogP contribution in [0.4, 0.5) is 18.9 Å². The molecule has 3 rings (SSSR count). The fourth-order valence-corrected chi connectivity index (χ4v) is 2.26. The van der Waals surface area contributed by atoms with Gasteiger partial charge >= 0.3 is 6.18 Å². The Morgan fingerprint density at radius 2 is 1.77 bits per heavy atom. The number of aromatic nitrogens is 2. The lowest BCUT2D eigenvalue weighted by Gasteiger charge is -2.11. The summed E-state index contributed by atoms with van der Waals surface area (Å²) >= 11 is 0. The fourth-order valence-electron chi connectivity index (χ4n) is 2.26. The molecule has 0 radical (unpaired) electrons. The van der Waals surface area contributed by atoms with Crippen LogP contribution >= 0.6 is 0 Å². The molecule has 0 saturated heterocycles. The van der Waals surface area contributed by atoms with Gasteiger partial charge in [0.25, 0.3) is 0 Å². The maximum Gasteiger partial charge on any atom is 0.450 e. The van der Waals surface area contributed by atoms with Crippen LogP contribution in [0.5, 0.6) is 5.75 Å². The number of nitrogens with zero attached hydrogens (tertiary/aromatic N) is 2. The predicted octanol–water partition coefficient (Wildman–Crippen LogP) is 3.64. The number of imidazole rings is 1. The van der Waals surface area contributed by atoms with E-state index in [2.05, 4.69) is 4.98 Å². The molecule has 0 aliphatic rings. The normalized spacial score (nSPS) is 11.8. The molecule has 22 heavy (non-hydrogen) atoms. The molecule has 7 heteroatoms. The summed E-state index contributed by atoms with van der Waals surface area (Å²) in [7, 11) is 1.45. The van der Waals surface area contributed by atoms with Gasteiger partial charge in [-0.3, -0.25) is 4.57 Å². The molecular weight excluding hydrogens is 295 g/mol. The number of alkyl halides is 3. The van der Waals surface area contributed by atoms with Crippen molar-refractivity contribution in [3.05, 3.63) is 48.3 Å². The minimum Gasteiger partial charge on any atom is -0.497 e. The van der Waals surface area contributed by atoms with E-state index in [0.29, 0.717) is 22.6 Å². The Morgan fingerprint density at radius 1 is 1.09 bits per heavy atom. The first-order chi connectivity index (χ1) is 10.4. The van der Waals surface area contributed by atoms with Gasteiger partial charge in [0.05, 0.1) is 18.1 Å². The molecule has 0 fully saturated rings. The Labute approximate surface area is 123 Å². The van der Waals surface area contributed by atoms with Gasteiger partial charge in [-0.2, -0.15) is 13.2 Å². The van der Waals surface area contributed by atoms with E-state index in [9.17, 15) is 13.2 Å². The second kappa shape index (κ2) is 4.94. The minimum atomic E-state index is -4.58. The summed E-state index contributed by atoms with van der Waals surface area (Å²) in [6.45, 7) is 0. The number of anilines is 1. The molecule has 2 N–H and O–H groups in total. The van der Waals surface area contributed by atoms with Gasteiger partial charge in [0, 0.05) is 17.4 Å². The molecular formula is C15H12F3N3O. The van der Waals surface area contributed by atoms with Gasteiger partial charge in [0.15, 0.2) is 0 Å². The second-order valence-electron chi connectivity index (χ2n) is 4.71. The van der Waals surface area contributed by atoms with Crippen LogP contribution in [0.25, 0.3) is 16.7 Å². The number of hydrogen-bond donors (Lipinski definition) is 1. The van der Waals surface area contributed by atoms with Crippen molar-refractivity contribution in [3.63, 3.8) is 0 Å². The molecule has 1 heterocycles. The van der Waals surface area contributed by atoms with Gasteiger partial charge in [0.1, 0.15) is 5.75 Å². The van der Waals surface area contributed by atoms with E-state index in [1.807, 2.05) is 0 Å². The molecule has 0 amide bonds. The standard InChI is InChI=1S/C15H12F3N3O/c1-22-11-6-7-13-12(8-11)20-14(15(16,17)18)21(13)10-4-2-9(19)3-5-10/h2-8H,19H2,1H3. The van der Waals surface area contributed by atoms with E-state index in [1.165, 1.54) is 25.3 Å². The van der Waals surface area contributed by atoms with Gasteiger partial charge in [0.2, 0.25) is 5.82 Å². The van der Waals surface area contributed by atoms with Crippen LogP contribution in [-0.2, 0) is 6.18 Å². The number of nitrogens with two attached hydrogens (primary N) is 1. The lowest BCUT2D eigenvalue weighted by molar-refractivity contribution is -0.145. The highest BCUT2D eigenvalue weighted by Gasteiger charge is 2.38. The summed E-state index contributed by atoms with van der Waals surface area (Å²) in [5, 5.41) is 0. The van der Waals surface area contributed by atoms with Crippen LogP contribution in [0.15, 0.2) is 42.5 Å². The van der Waals surface area contributed by atoms with E-state index >= 15 is 0 Å². The number of benzene rings is 2. The maximum atomic E-state index is 13.3. The summed E-state index contributed by atoms with van der Waals surface area (Å²) < 4.78 is 46.0. The van der Waals surface area contributed by atoms with Crippen LogP contribution in [0.2, 0.25) is 0 Å². The third kappa shape index (κ3) is 2.34. The third-order valence-electron chi connectivity index (χ3n) is 3.27. The topological polar surface area (TPSA) is 53.1 Å². The van der Waals surface area contributed by atoms with Crippen molar-refractivity contribution in [2.45, 2.75) is 6.18 Å². The quantitative estimate of drug-likeness (QED) is 0.735. The molecule has 2 aromatic carbocycles. The van der Waals surface area contributed by atoms with E-state index < -0.39 is 12.0 Å². The van der Waals surface area contributed by atoms with Gasteiger partial charge in [-0.05, 0) is 36.4 Å². The summed E-state index contributed by atoms with van der Waals surface area (Å²) in [5.74, 6) is -0.538. The Balaban J connectivity index is 2.32. The van der Waals surface area contributed by atoms with Crippen molar-refractivity contribution in [2.75, 3.05) is 12.8 Å². The maximum absolute atomic E-state index is 13.3. The average Bonchev–Trinajstić information content (AvgIpc) is 2.86. The average molecular weight is 307 g/mol. The highest BCUT2D eigenvalue weighted by atomic mass is 19.4. The van der Waals surface area contributed by atoms with Crippen LogP contribution in [0.3, 0.4) is 0 Å². The fraction of sp³-hybridized carbons (Fsp3) is 0.133. The lowest BCUT2D eigenvalue weighted by atomic mass is 10.2. The van der Waals surface area contributed by atoms with Crippen molar-refractivity contribution < 1.29 is 17.9 Å². The van der Waals surface area contributed by atoms with Crippen LogP contribution in [0.1, 0.15) is 5.82 Å². The molecule has 3 aromatic rings. The van der Waals surface area contributed by atoms with Crippen molar-refractivity contribution in [2.24, 2.45) is 0 Å². The first-order valence-electron chi connectivity index (χ1n) is 6.40. The number of rotatable bonds is 2. The zero-order chi connectivity index (χ0) is 15.9. The molecule has 0 saturated carbocycles. The Bertz CT molecular complexity index is 822. The van der Waals surface area contributed by atoms with E-state index in [-0.39, 0.29) is 5.52 Å². The first-order valence-corrected chi connectivity index (χ1v) is 6.40. The Morgan fingerprint density at radius 3 is 2.36 bits per heavy atom. The van der Waals surface area contributed by atoms with Crippen LogP contribution in [-0.4, -0.2) is 16.7 Å². The molecule has 114 valence electrons. The number of fused-ring (bicyclic) bond motifs is 1. The van der Waals surface area contributed by atoms with Gasteiger partial charge in [-0.25, -0.2) is 4.98 Å². The molecule has 0 unspecified atom stereocenters. The zero-order valence-electron chi connectivity index (χ0n) is 11.6. The predicted molar refractivity (Wildman–Crippen MR) is 77.0 cm³/mol. The Kier molecular flexibility index (Phi) is 3.20. The summed E-state index contributed by atoms with van der Waals surface area (Å²) in [6, 6.07) is 10.8. The summed E-state index contributed by atoms with van der Waals surface area (Å²) in [4.78, 5) is 3.72. The van der Waals surface area contributed by atoms with Gasteiger partial charge in [-0.1, -0.05) is 0 Å². The van der Waals surface area contributed by atoms with Crippen LogP contribution in [0, 0.1) is 0 Å². The van der Waals surface area contributed by atoms with E-state index in [4.69, 9.17) is 10.5 Å². The molecule has 4 nitrogen and oxygen atoms in total. The number of methoxy groups -OCH3 is 1. The smallest absolute Gasteiger partial charge is 0.450 e. The molecule has 1 aromatic heterocycles.